The minimum Gasteiger partial charge on any atom is -0.314 e. The van der Waals surface area contributed by atoms with Crippen molar-refractivity contribution in [1.29, 1.82) is 0 Å². The van der Waals surface area contributed by atoms with Crippen LogP contribution in [0.2, 0.25) is 0 Å². The first-order valence-corrected chi connectivity index (χ1v) is 6.79. The highest BCUT2D eigenvalue weighted by Gasteiger charge is 2.36. The summed E-state index contributed by atoms with van der Waals surface area (Å²) in [6, 6.07) is 4.27. The van der Waals surface area contributed by atoms with E-state index in [2.05, 4.69) is 19.2 Å². The zero-order chi connectivity index (χ0) is 14.9. The molecule has 5 heteroatoms. The second kappa shape index (κ2) is 5.71. The van der Waals surface area contributed by atoms with E-state index in [4.69, 9.17) is 0 Å². The van der Waals surface area contributed by atoms with Crippen molar-refractivity contribution in [2.24, 2.45) is 5.92 Å². The van der Waals surface area contributed by atoms with Crippen LogP contribution in [0.4, 0.5) is 10.1 Å². The molecule has 1 N–H and O–H groups in total. The van der Waals surface area contributed by atoms with Crippen molar-refractivity contribution < 1.29 is 14.0 Å². The molecule has 0 saturated heterocycles. The summed E-state index contributed by atoms with van der Waals surface area (Å²) >= 11 is 0. The highest BCUT2D eigenvalue weighted by molar-refractivity contribution is 6.52. The lowest BCUT2D eigenvalue weighted by Crippen LogP contribution is -2.38. The van der Waals surface area contributed by atoms with Crippen molar-refractivity contribution in [3.8, 4) is 0 Å². The van der Waals surface area contributed by atoms with Crippen LogP contribution in [0.5, 0.6) is 0 Å². The quantitative estimate of drug-likeness (QED) is 0.838. The number of benzene rings is 1. The van der Waals surface area contributed by atoms with Gasteiger partial charge < -0.3 is 10.2 Å². The van der Waals surface area contributed by atoms with E-state index >= 15 is 0 Å². The minimum atomic E-state index is -0.622. The van der Waals surface area contributed by atoms with Crippen molar-refractivity contribution in [1.82, 2.24) is 5.32 Å². The SMILES string of the molecule is CC(CNC(C)C)CN1C(=O)C(=O)c2cc(F)ccc21. The summed E-state index contributed by atoms with van der Waals surface area (Å²) < 4.78 is 13.2. The molecule has 1 aromatic carbocycles. The van der Waals surface area contributed by atoms with Crippen molar-refractivity contribution in [3.05, 3.63) is 29.6 Å². The zero-order valence-corrected chi connectivity index (χ0v) is 11.9. The predicted molar refractivity (Wildman–Crippen MR) is 75.4 cm³/mol. The number of nitrogens with one attached hydrogen (secondary N) is 1. The van der Waals surface area contributed by atoms with E-state index in [9.17, 15) is 14.0 Å². The summed E-state index contributed by atoms with van der Waals surface area (Å²) in [6.07, 6.45) is 0. The second-order valence-corrected chi connectivity index (χ2v) is 5.57. The summed E-state index contributed by atoms with van der Waals surface area (Å²) in [5, 5.41) is 3.30. The highest BCUT2D eigenvalue weighted by Crippen LogP contribution is 2.30. The Balaban J connectivity index is 2.14. The van der Waals surface area contributed by atoms with Crippen LogP contribution >= 0.6 is 0 Å². The largest absolute Gasteiger partial charge is 0.314 e. The third kappa shape index (κ3) is 2.88. The Bertz CT molecular complexity index is 543. The van der Waals surface area contributed by atoms with Crippen LogP contribution in [0.3, 0.4) is 0 Å². The van der Waals surface area contributed by atoms with E-state index in [1.165, 1.54) is 17.0 Å². The van der Waals surface area contributed by atoms with Gasteiger partial charge in [-0.05, 0) is 30.7 Å². The van der Waals surface area contributed by atoms with E-state index in [0.29, 0.717) is 18.3 Å². The van der Waals surface area contributed by atoms with Gasteiger partial charge in [-0.1, -0.05) is 20.8 Å². The van der Waals surface area contributed by atoms with Gasteiger partial charge in [-0.2, -0.15) is 0 Å². The average Bonchev–Trinajstić information content (AvgIpc) is 2.61. The maximum Gasteiger partial charge on any atom is 0.299 e. The lowest BCUT2D eigenvalue weighted by molar-refractivity contribution is -0.114. The zero-order valence-electron chi connectivity index (χ0n) is 11.9. The summed E-state index contributed by atoms with van der Waals surface area (Å²) in [7, 11) is 0. The van der Waals surface area contributed by atoms with Gasteiger partial charge >= 0.3 is 0 Å². The molecule has 1 aromatic rings. The summed E-state index contributed by atoms with van der Waals surface area (Å²) in [4.78, 5) is 25.3. The molecule has 108 valence electrons. The molecular weight excluding hydrogens is 259 g/mol. The first-order valence-electron chi connectivity index (χ1n) is 6.79. The molecule has 1 aliphatic heterocycles. The number of anilines is 1. The van der Waals surface area contributed by atoms with E-state index in [-0.39, 0.29) is 11.5 Å². The summed E-state index contributed by atoms with van der Waals surface area (Å²) in [5.74, 6) is -1.49. The maximum absolute atomic E-state index is 13.2. The fourth-order valence-corrected chi connectivity index (χ4v) is 2.27. The second-order valence-electron chi connectivity index (χ2n) is 5.57. The van der Waals surface area contributed by atoms with Gasteiger partial charge in [0.15, 0.2) is 0 Å². The molecule has 1 aliphatic rings. The first kappa shape index (κ1) is 14.7. The number of fused-ring (bicyclic) bond motifs is 1. The van der Waals surface area contributed by atoms with Crippen LogP contribution in [-0.2, 0) is 4.79 Å². The van der Waals surface area contributed by atoms with E-state index in [1.54, 1.807) is 0 Å². The van der Waals surface area contributed by atoms with Crippen LogP contribution in [-0.4, -0.2) is 30.8 Å². The topological polar surface area (TPSA) is 49.4 Å². The molecule has 0 bridgehead atoms. The molecule has 0 radical (unpaired) electrons. The standard InChI is InChI=1S/C15H19FN2O2/c1-9(2)17-7-10(3)8-18-13-5-4-11(16)6-12(13)14(19)15(18)20/h4-6,9-10,17H,7-8H2,1-3H3. The number of nitrogens with zero attached hydrogens (tertiary/aromatic N) is 1. The Hall–Kier alpha value is -1.75. The Morgan fingerprint density at radius 2 is 1.95 bits per heavy atom. The minimum absolute atomic E-state index is 0.166. The van der Waals surface area contributed by atoms with Crippen molar-refractivity contribution in [2.75, 3.05) is 18.0 Å². The number of carbonyl (C=O) groups is 2. The van der Waals surface area contributed by atoms with Crippen molar-refractivity contribution in [2.45, 2.75) is 26.8 Å². The first-order chi connectivity index (χ1) is 9.40. The predicted octanol–water partition coefficient (Wildman–Crippen LogP) is 1.99. The molecule has 1 atom stereocenters. The number of hydrogen-bond acceptors (Lipinski definition) is 3. The Kier molecular flexibility index (Phi) is 4.18. The van der Waals surface area contributed by atoms with Gasteiger partial charge in [0, 0.05) is 12.6 Å². The monoisotopic (exact) mass is 278 g/mol. The number of hydrogen-bond donors (Lipinski definition) is 1. The molecule has 0 saturated carbocycles. The lowest BCUT2D eigenvalue weighted by Gasteiger charge is -2.22. The van der Waals surface area contributed by atoms with E-state index < -0.39 is 17.5 Å². The normalized spacial score (nSPS) is 15.9. The average molecular weight is 278 g/mol. The number of rotatable bonds is 5. The van der Waals surface area contributed by atoms with Gasteiger partial charge in [-0.3, -0.25) is 9.59 Å². The fraction of sp³-hybridized carbons (Fsp3) is 0.467. The molecule has 0 aromatic heterocycles. The van der Waals surface area contributed by atoms with Crippen LogP contribution in [0.15, 0.2) is 18.2 Å². The molecule has 4 nitrogen and oxygen atoms in total. The number of Topliss-reactive ketones (excluding diaryl/α,β-unsaturated/α-hetero) is 1. The van der Waals surface area contributed by atoms with Gasteiger partial charge in [-0.25, -0.2) is 4.39 Å². The molecule has 0 aliphatic carbocycles. The molecule has 1 unspecified atom stereocenters. The van der Waals surface area contributed by atoms with Gasteiger partial charge in [0.05, 0.1) is 11.3 Å². The van der Waals surface area contributed by atoms with Gasteiger partial charge in [0.1, 0.15) is 5.82 Å². The summed E-state index contributed by atoms with van der Waals surface area (Å²) in [5.41, 5.74) is 0.678. The molecule has 0 fully saturated rings. The number of carbonyl (C=O) groups excluding carboxylic acids is 2. The van der Waals surface area contributed by atoms with Crippen molar-refractivity contribution >= 4 is 17.4 Å². The molecule has 0 spiro atoms. The maximum atomic E-state index is 13.2. The van der Waals surface area contributed by atoms with Gasteiger partial charge in [0.2, 0.25) is 0 Å². The molecule has 1 heterocycles. The van der Waals surface area contributed by atoms with Gasteiger partial charge in [0.25, 0.3) is 11.7 Å². The van der Waals surface area contributed by atoms with E-state index in [0.717, 1.165) is 12.6 Å². The third-order valence-electron chi connectivity index (χ3n) is 3.30. The lowest BCUT2D eigenvalue weighted by atomic mass is 10.1. The van der Waals surface area contributed by atoms with Crippen LogP contribution < -0.4 is 10.2 Å². The van der Waals surface area contributed by atoms with Crippen LogP contribution in [0, 0.1) is 11.7 Å². The Morgan fingerprint density at radius 1 is 1.25 bits per heavy atom. The molecule has 20 heavy (non-hydrogen) atoms. The number of ketones is 1. The van der Waals surface area contributed by atoms with Crippen LogP contribution in [0.25, 0.3) is 0 Å². The number of amides is 1. The highest BCUT2D eigenvalue weighted by atomic mass is 19.1. The Morgan fingerprint density at radius 3 is 2.60 bits per heavy atom. The Labute approximate surface area is 118 Å². The molecule has 2 rings (SSSR count). The third-order valence-corrected chi connectivity index (χ3v) is 3.30. The van der Waals surface area contributed by atoms with Gasteiger partial charge in [-0.15, -0.1) is 0 Å². The fourth-order valence-electron chi connectivity index (χ4n) is 2.27. The molecular formula is C15H19FN2O2. The van der Waals surface area contributed by atoms with Crippen LogP contribution in [0.1, 0.15) is 31.1 Å². The molecule has 1 amide bonds. The number of halogens is 1. The van der Waals surface area contributed by atoms with Crippen molar-refractivity contribution in [3.63, 3.8) is 0 Å². The smallest absolute Gasteiger partial charge is 0.299 e. The van der Waals surface area contributed by atoms with E-state index in [1.807, 2.05) is 6.92 Å². The summed E-state index contributed by atoms with van der Waals surface area (Å²) in [6.45, 7) is 7.31.